The molecule has 0 spiro atoms. The second kappa shape index (κ2) is 5.81. The van der Waals surface area contributed by atoms with E-state index in [1.165, 1.54) is 11.3 Å². The molecule has 5 heteroatoms. The number of aryl methyl sites for hydroxylation is 1. The number of nitrogens with two attached hydrogens (primary N) is 1. The molecule has 108 valence electrons. The standard InChI is InChI=1S/C15H20N2O2S/c1-9-4-5-12-11(8-9)13(16)14(20-12)15(19)17(3)7-6-10(2)18/h4-5,8,10,18H,6-7,16H2,1-3H3. The summed E-state index contributed by atoms with van der Waals surface area (Å²) < 4.78 is 1.03. The van der Waals surface area contributed by atoms with Crippen LogP contribution >= 0.6 is 11.3 Å². The fourth-order valence-electron chi connectivity index (χ4n) is 2.04. The number of thiophene rings is 1. The number of nitrogen functional groups attached to an aromatic ring is 1. The van der Waals surface area contributed by atoms with Crippen molar-refractivity contribution in [2.45, 2.75) is 26.4 Å². The van der Waals surface area contributed by atoms with E-state index in [2.05, 4.69) is 0 Å². The largest absolute Gasteiger partial charge is 0.397 e. The number of fused-ring (bicyclic) bond motifs is 1. The molecule has 0 bridgehead atoms. The monoisotopic (exact) mass is 292 g/mol. The number of carbonyl (C=O) groups excluding carboxylic acids is 1. The molecule has 1 aromatic carbocycles. The van der Waals surface area contributed by atoms with Crippen LogP contribution in [-0.2, 0) is 0 Å². The average molecular weight is 292 g/mol. The van der Waals surface area contributed by atoms with Crippen LogP contribution in [0.5, 0.6) is 0 Å². The van der Waals surface area contributed by atoms with Crippen molar-refractivity contribution in [1.82, 2.24) is 4.90 Å². The molecule has 1 heterocycles. The molecule has 20 heavy (non-hydrogen) atoms. The maximum Gasteiger partial charge on any atom is 0.265 e. The van der Waals surface area contributed by atoms with E-state index in [1.807, 2.05) is 25.1 Å². The maximum atomic E-state index is 12.4. The predicted octanol–water partition coefficient (Wildman–Crippen LogP) is 2.63. The van der Waals surface area contributed by atoms with Crippen LogP contribution in [0.1, 0.15) is 28.6 Å². The highest BCUT2D eigenvalue weighted by atomic mass is 32.1. The van der Waals surface area contributed by atoms with Crippen LogP contribution < -0.4 is 5.73 Å². The Morgan fingerprint density at radius 3 is 2.85 bits per heavy atom. The quantitative estimate of drug-likeness (QED) is 0.910. The molecule has 3 N–H and O–H groups in total. The number of amides is 1. The van der Waals surface area contributed by atoms with E-state index in [0.29, 0.717) is 23.5 Å². The Hall–Kier alpha value is -1.59. The van der Waals surface area contributed by atoms with Crippen LogP contribution in [0, 0.1) is 6.92 Å². The summed E-state index contributed by atoms with van der Waals surface area (Å²) in [5.41, 5.74) is 7.80. The SMILES string of the molecule is Cc1ccc2sc(C(=O)N(C)CCC(C)O)c(N)c2c1. The normalized spacial score (nSPS) is 12.6. The lowest BCUT2D eigenvalue weighted by atomic mass is 10.1. The summed E-state index contributed by atoms with van der Waals surface area (Å²) in [5.74, 6) is -0.0815. The Kier molecular flexibility index (Phi) is 4.30. The van der Waals surface area contributed by atoms with E-state index in [0.717, 1.165) is 15.6 Å². The van der Waals surface area contributed by atoms with Gasteiger partial charge in [0.05, 0.1) is 11.8 Å². The van der Waals surface area contributed by atoms with Crippen LogP contribution in [0.25, 0.3) is 10.1 Å². The molecule has 1 aromatic heterocycles. The van der Waals surface area contributed by atoms with Crippen molar-refractivity contribution in [2.24, 2.45) is 0 Å². The molecule has 0 saturated heterocycles. The Morgan fingerprint density at radius 2 is 2.20 bits per heavy atom. The van der Waals surface area contributed by atoms with E-state index in [1.54, 1.807) is 18.9 Å². The van der Waals surface area contributed by atoms with E-state index < -0.39 is 6.10 Å². The highest BCUT2D eigenvalue weighted by Gasteiger charge is 2.19. The molecule has 1 atom stereocenters. The number of anilines is 1. The summed E-state index contributed by atoms with van der Waals surface area (Å²) in [7, 11) is 1.74. The van der Waals surface area contributed by atoms with Gasteiger partial charge in [0.15, 0.2) is 0 Å². The molecule has 0 saturated carbocycles. The summed E-state index contributed by atoms with van der Waals surface area (Å²) in [6.45, 7) is 4.24. The number of benzene rings is 1. The lowest BCUT2D eigenvalue weighted by Gasteiger charge is -2.17. The van der Waals surface area contributed by atoms with Gasteiger partial charge in [-0.15, -0.1) is 11.3 Å². The molecule has 1 unspecified atom stereocenters. The first-order valence-electron chi connectivity index (χ1n) is 6.62. The van der Waals surface area contributed by atoms with Gasteiger partial charge in [0.2, 0.25) is 0 Å². The van der Waals surface area contributed by atoms with Gasteiger partial charge in [0, 0.05) is 23.7 Å². The number of rotatable bonds is 4. The number of hydrogen-bond acceptors (Lipinski definition) is 4. The van der Waals surface area contributed by atoms with Gasteiger partial charge >= 0.3 is 0 Å². The number of aliphatic hydroxyl groups excluding tert-OH is 1. The van der Waals surface area contributed by atoms with Gasteiger partial charge in [0.1, 0.15) is 4.88 Å². The third kappa shape index (κ3) is 2.94. The Bertz CT molecular complexity index is 634. The zero-order chi connectivity index (χ0) is 14.9. The molecule has 0 aliphatic rings. The van der Waals surface area contributed by atoms with E-state index in [4.69, 9.17) is 5.73 Å². The third-order valence-electron chi connectivity index (χ3n) is 3.31. The highest BCUT2D eigenvalue weighted by Crippen LogP contribution is 2.34. The molecule has 0 fully saturated rings. The van der Waals surface area contributed by atoms with Crippen molar-refractivity contribution in [2.75, 3.05) is 19.3 Å². The number of nitrogens with zero attached hydrogens (tertiary/aromatic N) is 1. The summed E-state index contributed by atoms with van der Waals surface area (Å²) >= 11 is 1.42. The van der Waals surface area contributed by atoms with Crippen LogP contribution in [0.15, 0.2) is 18.2 Å². The third-order valence-corrected chi connectivity index (χ3v) is 4.48. The number of aliphatic hydroxyl groups is 1. The van der Waals surface area contributed by atoms with Crippen molar-refractivity contribution in [3.8, 4) is 0 Å². The summed E-state index contributed by atoms with van der Waals surface area (Å²) in [4.78, 5) is 14.6. The van der Waals surface area contributed by atoms with Crippen molar-refractivity contribution in [3.05, 3.63) is 28.6 Å². The minimum absolute atomic E-state index is 0.0815. The van der Waals surface area contributed by atoms with Crippen LogP contribution in [0.3, 0.4) is 0 Å². The molecular weight excluding hydrogens is 272 g/mol. The zero-order valence-electron chi connectivity index (χ0n) is 12.0. The van der Waals surface area contributed by atoms with E-state index >= 15 is 0 Å². The van der Waals surface area contributed by atoms with Crippen LogP contribution in [0.4, 0.5) is 5.69 Å². The zero-order valence-corrected chi connectivity index (χ0v) is 12.8. The summed E-state index contributed by atoms with van der Waals surface area (Å²) in [6, 6.07) is 6.02. The van der Waals surface area contributed by atoms with E-state index in [9.17, 15) is 9.90 Å². The molecule has 0 radical (unpaired) electrons. The van der Waals surface area contributed by atoms with Crippen LogP contribution in [0.2, 0.25) is 0 Å². The minimum atomic E-state index is -0.410. The lowest BCUT2D eigenvalue weighted by molar-refractivity contribution is 0.0774. The second-order valence-corrected chi connectivity index (χ2v) is 6.26. The van der Waals surface area contributed by atoms with Crippen molar-refractivity contribution < 1.29 is 9.90 Å². The lowest BCUT2D eigenvalue weighted by Crippen LogP contribution is -2.29. The molecule has 2 rings (SSSR count). The summed E-state index contributed by atoms with van der Waals surface area (Å²) in [6.07, 6.45) is 0.152. The first-order chi connectivity index (χ1) is 9.40. The first kappa shape index (κ1) is 14.8. The maximum absolute atomic E-state index is 12.4. The molecule has 1 amide bonds. The smallest absolute Gasteiger partial charge is 0.265 e. The Labute approximate surface area is 122 Å². The average Bonchev–Trinajstić information content (AvgIpc) is 2.72. The Morgan fingerprint density at radius 1 is 1.50 bits per heavy atom. The number of hydrogen-bond donors (Lipinski definition) is 2. The first-order valence-corrected chi connectivity index (χ1v) is 7.44. The molecule has 2 aromatic rings. The van der Waals surface area contributed by atoms with Gasteiger partial charge in [-0.2, -0.15) is 0 Å². The molecule has 4 nitrogen and oxygen atoms in total. The van der Waals surface area contributed by atoms with Crippen molar-refractivity contribution >= 4 is 33.0 Å². The topological polar surface area (TPSA) is 66.6 Å². The predicted molar refractivity (Wildman–Crippen MR) is 84.2 cm³/mol. The van der Waals surface area contributed by atoms with Gasteiger partial charge < -0.3 is 15.7 Å². The van der Waals surface area contributed by atoms with Gasteiger partial charge in [-0.05, 0) is 32.4 Å². The second-order valence-electron chi connectivity index (χ2n) is 5.21. The van der Waals surface area contributed by atoms with Crippen molar-refractivity contribution in [1.29, 1.82) is 0 Å². The fraction of sp³-hybridized carbons (Fsp3) is 0.400. The molecule has 0 aliphatic carbocycles. The highest BCUT2D eigenvalue weighted by molar-refractivity contribution is 7.21. The minimum Gasteiger partial charge on any atom is -0.397 e. The van der Waals surface area contributed by atoms with Crippen molar-refractivity contribution in [3.63, 3.8) is 0 Å². The van der Waals surface area contributed by atoms with Gasteiger partial charge in [-0.3, -0.25) is 4.79 Å². The number of carbonyl (C=O) groups is 1. The van der Waals surface area contributed by atoms with Gasteiger partial charge in [-0.1, -0.05) is 11.6 Å². The van der Waals surface area contributed by atoms with Gasteiger partial charge in [0.25, 0.3) is 5.91 Å². The van der Waals surface area contributed by atoms with E-state index in [-0.39, 0.29) is 5.91 Å². The van der Waals surface area contributed by atoms with Gasteiger partial charge in [-0.25, -0.2) is 0 Å². The fourth-order valence-corrected chi connectivity index (χ4v) is 3.14. The van der Waals surface area contributed by atoms with Crippen LogP contribution in [-0.4, -0.2) is 35.6 Å². The Balaban J connectivity index is 2.28. The summed E-state index contributed by atoms with van der Waals surface area (Å²) in [5, 5.41) is 10.2. The molecular formula is C15H20N2O2S. The molecule has 0 aliphatic heterocycles.